The summed E-state index contributed by atoms with van der Waals surface area (Å²) in [4.78, 5) is 15.5. The van der Waals surface area contributed by atoms with Gasteiger partial charge >= 0.3 is 0 Å². The molecule has 1 heterocycles. The standard InChI is InChI=1S/C17H23N3O/c1-2-11-5-3-7-13(9-11)19-17(21)15-10-12-6-4-8-14(18)16(12)20-15/h4,6,8,10-11,13,20H,2-3,5,7,9,18H2,1H3,(H,19,21). The van der Waals surface area contributed by atoms with Crippen LogP contribution in [0.5, 0.6) is 0 Å². The molecule has 0 spiro atoms. The minimum atomic E-state index is -0.0210. The fraction of sp³-hybridized carbons (Fsp3) is 0.471. The van der Waals surface area contributed by atoms with Crippen molar-refractivity contribution in [2.24, 2.45) is 5.92 Å². The molecular weight excluding hydrogens is 262 g/mol. The lowest BCUT2D eigenvalue weighted by molar-refractivity contribution is 0.0915. The number of hydrogen-bond acceptors (Lipinski definition) is 2. The van der Waals surface area contributed by atoms with E-state index in [1.807, 2.05) is 24.3 Å². The van der Waals surface area contributed by atoms with Crippen molar-refractivity contribution in [3.63, 3.8) is 0 Å². The quantitative estimate of drug-likeness (QED) is 0.756. The molecule has 0 radical (unpaired) electrons. The Bertz CT molecular complexity index is 647. The summed E-state index contributed by atoms with van der Waals surface area (Å²) in [5.74, 6) is 0.731. The van der Waals surface area contributed by atoms with Gasteiger partial charge in [0.15, 0.2) is 0 Å². The molecule has 4 heteroatoms. The maximum absolute atomic E-state index is 12.4. The summed E-state index contributed by atoms with van der Waals surface area (Å²) in [6, 6.07) is 7.89. The topological polar surface area (TPSA) is 70.9 Å². The number of para-hydroxylation sites is 1. The van der Waals surface area contributed by atoms with Crippen LogP contribution in [0, 0.1) is 5.92 Å². The number of nitrogens with one attached hydrogen (secondary N) is 2. The second-order valence-corrected chi connectivity index (χ2v) is 6.11. The Morgan fingerprint density at radius 1 is 1.43 bits per heavy atom. The zero-order valence-electron chi connectivity index (χ0n) is 12.5. The van der Waals surface area contributed by atoms with Gasteiger partial charge < -0.3 is 16.0 Å². The monoisotopic (exact) mass is 285 g/mol. The van der Waals surface area contributed by atoms with Gasteiger partial charge in [0.1, 0.15) is 5.69 Å². The molecule has 1 aliphatic carbocycles. The number of anilines is 1. The summed E-state index contributed by atoms with van der Waals surface area (Å²) in [5.41, 5.74) is 8.05. The molecule has 3 rings (SSSR count). The van der Waals surface area contributed by atoms with Crippen LogP contribution in [-0.2, 0) is 0 Å². The molecular formula is C17H23N3O. The van der Waals surface area contributed by atoms with E-state index in [1.54, 1.807) is 0 Å². The van der Waals surface area contributed by atoms with Crippen molar-refractivity contribution in [3.8, 4) is 0 Å². The molecule has 2 unspecified atom stereocenters. The first-order valence-electron chi connectivity index (χ1n) is 7.85. The highest BCUT2D eigenvalue weighted by Crippen LogP contribution is 2.27. The van der Waals surface area contributed by atoms with Crippen molar-refractivity contribution in [2.75, 3.05) is 5.73 Å². The van der Waals surface area contributed by atoms with E-state index < -0.39 is 0 Å². The average molecular weight is 285 g/mol. The Morgan fingerprint density at radius 2 is 2.29 bits per heavy atom. The van der Waals surface area contributed by atoms with E-state index in [1.165, 1.54) is 19.3 Å². The van der Waals surface area contributed by atoms with Gasteiger partial charge in [-0.3, -0.25) is 4.79 Å². The Labute approximate surface area is 125 Å². The second-order valence-electron chi connectivity index (χ2n) is 6.11. The van der Waals surface area contributed by atoms with Gasteiger partial charge in [0.2, 0.25) is 0 Å². The number of nitrogens with two attached hydrogens (primary N) is 1. The Balaban J connectivity index is 1.73. The molecule has 2 aromatic rings. The van der Waals surface area contributed by atoms with Gasteiger partial charge in [-0.15, -0.1) is 0 Å². The predicted molar refractivity (Wildman–Crippen MR) is 86.2 cm³/mol. The number of aromatic nitrogens is 1. The van der Waals surface area contributed by atoms with Gasteiger partial charge in [-0.05, 0) is 30.9 Å². The molecule has 1 amide bonds. The van der Waals surface area contributed by atoms with Crippen molar-refractivity contribution in [1.29, 1.82) is 0 Å². The molecule has 112 valence electrons. The lowest BCUT2D eigenvalue weighted by atomic mass is 9.84. The minimum absolute atomic E-state index is 0.0210. The molecule has 0 aliphatic heterocycles. The summed E-state index contributed by atoms with van der Waals surface area (Å²) in [6.07, 6.45) is 5.90. The number of aromatic amines is 1. The molecule has 4 N–H and O–H groups in total. The number of H-pyrrole nitrogens is 1. The number of hydrogen-bond donors (Lipinski definition) is 3. The third-order valence-electron chi connectivity index (χ3n) is 4.63. The van der Waals surface area contributed by atoms with Gasteiger partial charge in [0, 0.05) is 11.4 Å². The predicted octanol–water partition coefficient (Wildman–Crippen LogP) is 3.45. The Hall–Kier alpha value is -1.97. The highest BCUT2D eigenvalue weighted by molar-refractivity contribution is 6.00. The van der Waals surface area contributed by atoms with E-state index in [4.69, 9.17) is 5.73 Å². The van der Waals surface area contributed by atoms with E-state index in [9.17, 15) is 4.79 Å². The molecule has 0 bridgehead atoms. The first kappa shape index (κ1) is 14.0. The highest BCUT2D eigenvalue weighted by Gasteiger charge is 2.23. The Kier molecular flexibility index (Phi) is 3.86. The normalized spacial score (nSPS) is 22.3. The fourth-order valence-electron chi connectivity index (χ4n) is 3.36. The van der Waals surface area contributed by atoms with E-state index >= 15 is 0 Å². The largest absolute Gasteiger partial charge is 0.397 e. The van der Waals surface area contributed by atoms with Crippen LogP contribution in [0.4, 0.5) is 5.69 Å². The first-order valence-corrected chi connectivity index (χ1v) is 7.85. The summed E-state index contributed by atoms with van der Waals surface area (Å²) >= 11 is 0. The zero-order valence-corrected chi connectivity index (χ0v) is 12.5. The third kappa shape index (κ3) is 2.89. The van der Waals surface area contributed by atoms with Crippen LogP contribution in [0.3, 0.4) is 0 Å². The molecule has 1 aliphatic rings. The maximum Gasteiger partial charge on any atom is 0.267 e. The molecule has 1 aromatic heterocycles. The second kappa shape index (κ2) is 5.80. The first-order chi connectivity index (χ1) is 10.2. The van der Waals surface area contributed by atoms with Crippen LogP contribution < -0.4 is 11.1 Å². The number of benzene rings is 1. The van der Waals surface area contributed by atoms with Crippen LogP contribution in [0.2, 0.25) is 0 Å². The number of amides is 1. The van der Waals surface area contributed by atoms with Crippen LogP contribution in [0.15, 0.2) is 24.3 Å². The summed E-state index contributed by atoms with van der Waals surface area (Å²) in [5, 5.41) is 4.15. The highest BCUT2D eigenvalue weighted by atomic mass is 16.1. The van der Waals surface area contributed by atoms with Crippen molar-refractivity contribution in [1.82, 2.24) is 10.3 Å². The molecule has 1 saturated carbocycles. The maximum atomic E-state index is 12.4. The molecule has 1 aromatic carbocycles. The van der Waals surface area contributed by atoms with Crippen molar-refractivity contribution in [3.05, 3.63) is 30.0 Å². The SMILES string of the molecule is CCC1CCCC(NC(=O)c2cc3cccc(N)c3[nH]2)C1. The number of fused-ring (bicyclic) bond motifs is 1. The van der Waals surface area contributed by atoms with Crippen molar-refractivity contribution >= 4 is 22.5 Å². The number of carbonyl (C=O) groups excluding carboxylic acids is 1. The number of carbonyl (C=O) groups is 1. The smallest absolute Gasteiger partial charge is 0.267 e. The van der Waals surface area contributed by atoms with Gasteiger partial charge in [-0.25, -0.2) is 0 Å². The van der Waals surface area contributed by atoms with Crippen LogP contribution in [-0.4, -0.2) is 16.9 Å². The molecule has 0 saturated heterocycles. The van der Waals surface area contributed by atoms with Crippen LogP contribution >= 0.6 is 0 Å². The van der Waals surface area contributed by atoms with E-state index in [2.05, 4.69) is 17.2 Å². The van der Waals surface area contributed by atoms with Gasteiger partial charge in [-0.1, -0.05) is 38.3 Å². The average Bonchev–Trinajstić information content (AvgIpc) is 2.93. The Morgan fingerprint density at radius 3 is 3.05 bits per heavy atom. The minimum Gasteiger partial charge on any atom is -0.397 e. The van der Waals surface area contributed by atoms with E-state index in [0.29, 0.717) is 17.4 Å². The van der Waals surface area contributed by atoms with Gasteiger partial charge in [0.25, 0.3) is 5.91 Å². The van der Waals surface area contributed by atoms with Crippen molar-refractivity contribution in [2.45, 2.75) is 45.1 Å². The lowest BCUT2D eigenvalue weighted by Crippen LogP contribution is -2.38. The summed E-state index contributed by atoms with van der Waals surface area (Å²) < 4.78 is 0. The van der Waals surface area contributed by atoms with E-state index in [0.717, 1.165) is 29.7 Å². The van der Waals surface area contributed by atoms with Gasteiger partial charge in [0.05, 0.1) is 11.2 Å². The number of nitrogen functional groups attached to an aromatic ring is 1. The van der Waals surface area contributed by atoms with Crippen LogP contribution in [0.25, 0.3) is 10.9 Å². The molecule has 4 nitrogen and oxygen atoms in total. The van der Waals surface area contributed by atoms with Gasteiger partial charge in [-0.2, -0.15) is 0 Å². The lowest BCUT2D eigenvalue weighted by Gasteiger charge is -2.28. The van der Waals surface area contributed by atoms with Crippen LogP contribution in [0.1, 0.15) is 49.5 Å². The van der Waals surface area contributed by atoms with E-state index in [-0.39, 0.29) is 5.91 Å². The number of rotatable bonds is 3. The summed E-state index contributed by atoms with van der Waals surface area (Å²) in [7, 11) is 0. The fourth-order valence-corrected chi connectivity index (χ4v) is 3.36. The molecule has 1 fully saturated rings. The molecule has 21 heavy (non-hydrogen) atoms. The third-order valence-corrected chi connectivity index (χ3v) is 4.63. The zero-order chi connectivity index (χ0) is 14.8. The summed E-state index contributed by atoms with van der Waals surface area (Å²) in [6.45, 7) is 2.23. The van der Waals surface area contributed by atoms with Crippen molar-refractivity contribution < 1.29 is 4.79 Å². The molecule has 2 atom stereocenters.